The summed E-state index contributed by atoms with van der Waals surface area (Å²) in [5.41, 5.74) is 1.91. The maximum absolute atomic E-state index is 12.6. The van der Waals surface area contributed by atoms with Gasteiger partial charge in [0.15, 0.2) is 18.1 Å². The highest BCUT2D eigenvalue weighted by molar-refractivity contribution is 7.99. The molecule has 4 rings (SSSR count). The number of hydrogen-bond donors (Lipinski definition) is 1. The van der Waals surface area contributed by atoms with Gasteiger partial charge < -0.3 is 19.2 Å². The number of fused-ring (bicyclic) bond motifs is 1. The van der Waals surface area contributed by atoms with Crippen molar-refractivity contribution in [2.45, 2.75) is 51.9 Å². The molecule has 35 heavy (non-hydrogen) atoms. The van der Waals surface area contributed by atoms with Crippen molar-refractivity contribution in [1.82, 2.24) is 10.2 Å². The number of thiophene rings is 1. The van der Waals surface area contributed by atoms with Crippen LogP contribution in [0, 0.1) is 22.7 Å². The number of anilines is 1. The third kappa shape index (κ3) is 5.97. The van der Waals surface area contributed by atoms with E-state index in [1.807, 2.05) is 12.1 Å². The number of hydrogen-bond acceptors (Lipinski definition) is 9. The van der Waals surface area contributed by atoms with Gasteiger partial charge in [-0.05, 0) is 48.3 Å². The second-order valence-corrected chi connectivity index (χ2v) is 11.4. The summed E-state index contributed by atoms with van der Waals surface area (Å²) in [4.78, 5) is 13.8. The largest absolute Gasteiger partial charge is 0.493 e. The van der Waals surface area contributed by atoms with Crippen molar-refractivity contribution < 1.29 is 18.7 Å². The Morgan fingerprint density at radius 3 is 2.80 bits per heavy atom. The molecule has 0 saturated heterocycles. The van der Waals surface area contributed by atoms with Crippen LogP contribution in [0.15, 0.2) is 33.9 Å². The number of ether oxygens (including phenoxy) is 2. The number of rotatable bonds is 8. The second-order valence-electron chi connectivity index (χ2n) is 9.36. The molecule has 8 nitrogen and oxygen atoms in total. The number of nitrogens with zero attached hydrogens (tertiary/aromatic N) is 3. The molecule has 1 N–H and O–H groups in total. The van der Waals surface area contributed by atoms with Crippen LogP contribution >= 0.6 is 23.1 Å². The molecule has 2 heterocycles. The van der Waals surface area contributed by atoms with Gasteiger partial charge in [-0.1, -0.05) is 44.7 Å². The van der Waals surface area contributed by atoms with Crippen LogP contribution in [-0.2, 0) is 24.2 Å². The van der Waals surface area contributed by atoms with Gasteiger partial charge in [0.1, 0.15) is 11.1 Å². The molecule has 0 saturated carbocycles. The number of benzene rings is 1. The number of nitriles is 1. The first kappa shape index (κ1) is 25.1. The molecule has 0 radical (unpaired) electrons. The molecule has 0 fully saturated rings. The van der Waals surface area contributed by atoms with Crippen LogP contribution in [0.5, 0.6) is 11.5 Å². The number of carbonyl (C=O) groups is 1. The predicted molar refractivity (Wildman–Crippen MR) is 135 cm³/mol. The number of nitrogens with one attached hydrogen (secondary N) is 1. The van der Waals surface area contributed by atoms with Gasteiger partial charge in [0.05, 0.1) is 18.4 Å². The van der Waals surface area contributed by atoms with Crippen molar-refractivity contribution in [1.29, 1.82) is 5.26 Å². The summed E-state index contributed by atoms with van der Waals surface area (Å²) in [7, 11) is 1.57. The fourth-order valence-electron chi connectivity index (χ4n) is 4.05. The number of thioether (sulfide) groups is 1. The van der Waals surface area contributed by atoms with E-state index in [0.717, 1.165) is 36.6 Å². The number of methoxy groups -OCH3 is 1. The molecule has 1 amide bonds. The van der Waals surface area contributed by atoms with Crippen molar-refractivity contribution in [2.24, 2.45) is 11.3 Å². The summed E-state index contributed by atoms with van der Waals surface area (Å²) in [5, 5.41) is 21.5. The fraction of sp³-hybridized carbons (Fsp3) is 0.440. The molecule has 0 bridgehead atoms. The summed E-state index contributed by atoms with van der Waals surface area (Å²) >= 11 is 2.67. The lowest BCUT2D eigenvalue weighted by molar-refractivity contribution is -0.113. The van der Waals surface area contributed by atoms with E-state index in [4.69, 9.17) is 13.9 Å². The maximum Gasteiger partial charge on any atom is 0.277 e. The lowest BCUT2D eigenvalue weighted by Crippen LogP contribution is -2.26. The average Bonchev–Trinajstić information content (AvgIpc) is 3.44. The first-order valence-corrected chi connectivity index (χ1v) is 13.1. The minimum atomic E-state index is -0.220. The monoisotopic (exact) mass is 512 g/mol. The first-order chi connectivity index (χ1) is 16.8. The normalized spacial score (nSPS) is 15.2. The first-order valence-electron chi connectivity index (χ1n) is 11.3. The Morgan fingerprint density at radius 2 is 2.09 bits per heavy atom. The summed E-state index contributed by atoms with van der Waals surface area (Å²) < 4.78 is 16.5. The van der Waals surface area contributed by atoms with Crippen LogP contribution in [0.4, 0.5) is 5.00 Å². The van der Waals surface area contributed by atoms with Crippen LogP contribution in [0.2, 0.25) is 0 Å². The molecule has 0 spiro atoms. The topological polar surface area (TPSA) is 110 Å². The Bertz CT molecular complexity index is 1240. The average molecular weight is 513 g/mol. The van der Waals surface area contributed by atoms with Crippen molar-refractivity contribution in [3.05, 3.63) is 46.2 Å². The lowest BCUT2D eigenvalue weighted by atomic mass is 9.72. The zero-order chi connectivity index (χ0) is 25.0. The minimum Gasteiger partial charge on any atom is -0.493 e. The van der Waals surface area contributed by atoms with Gasteiger partial charge in [-0.25, -0.2) is 0 Å². The molecule has 1 aliphatic carbocycles. The van der Waals surface area contributed by atoms with E-state index >= 15 is 0 Å². The van der Waals surface area contributed by atoms with Crippen LogP contribution < -0.4 is 14.8 Å². The van der Waals surface area contributed by atoms with Crippen molar-refractivity contribution in [3.8, 4) is 17.6 Å². The Labute approximate surface area is 213 Å². The molecule has 10 heteroatoms. The number of para-hydroxylation sites is 2. The number of amides is 1. The van der Waals surface area contributed by atoms with Crippen molar-refractivity contribution >= 4 is 34.0 Å². The van der Waals surface area contributed by atoms with Crippen LogP contribution in [0.25, 0.3) is 0 Å². The molecule has 1 aromatic carbocycles. The van der Waals surface area contributed by atoms with Gasteiger partial charge in [-0.3, -0.25) is 4.79 Å². The zero-order valence-corrected chi connectivity index (χ0v) is 21.8. The molecule has 1 atom stereocenters. The minimum absolute atomic E-state index is 0.0853. The Balaban J connectivity index is 1.32. The Morgan fingerprint density at radius 1 is 1.31 bits per heavy atom. The fourth-order valence-corrected chi connectivity index (χ4v) is 5.93. The zero-order valence-electron chi connectivity index (χ0n) is 20.2. The van der Waals surface area contributed by atoms with E-state index in [1.165, 1.54) is 16.2 Å². The van der Waals surface area contributed by atoms with Gasteiger partial charge in [0.25, 0.3) is 11.1 Å². The van der Waals surface area contributed by atoms with E-state index in [9.17, 15) is 10.1 Å². The van der Waals surface area contributed by atoms with Crippen LogP contribution in [-0.4, -0.2) is 29.0 Å². The van der Waals surface area contributed by atoms with E-state index < -0.39 is 0 Å². The molecular weight excluding hydrogens is 484 g/mol. The Kier molecular flexibility index (Phi) is 7.67. The highest BCUT2D eigenvalue weighted by Crippen LogP contribution is 2.44. The summed E-state index contributed by atoms with van der Waals surface area (Å²) in [6.45, 7) is 6.86. The van der Waals surface area contributed by atoms with Gasteiger partial charge >= 0.3 is 0 Å². The second kappa shape index (κ2) is 10.7. The van der Waals surface area contributed by atoms with Crippen LogP contribution in [0.3, 0.4) is 0 Å². The smallest absolute Gasteiger partial charge is 0.277 e. The Hall–Kier alpha value is -3.03. The van der Waals surface area contributed by atoms with Gasteiger partial charge in [0.2, 0.25) is 5.91 Å². The molecule has 0 aliphatic heterocycles. The van der Waals surface area contributed by atoms with E-state index in [2.05, 4.69) is 42.4 Å². The molecule has 1 aliphatic rings. The van der Waals surface area contributed by atoms with E-state index in [-0.39, 0.29) is 28.9 Å². The highest BCUT2D eigenvalue weighted by atomic mass is 32.2. The number of carbonyl (C=O) groups excluding carboxylic acids is 1. The SMILES string of the molecule is COc1ccccc1OCc1nnc(SCC(=O)Nc2sc3c(c2C#N)CC[C@H](C(C)(C)C)C3)o1. The summed E-state index contributed by atoms with van der Waals surface area (Å²) in [6.07, 6.45) is 2.89. The van der Waals surface area contributed by atoms with Crippen molar-refractivity contribution in [2.75, 3.05) is 18.2 Å². The standard InChI is InChI=1S/C25H28N4O4S2/c1-25(2,3)15-9-10-16-17(12-26)23(35-20(16)11-15)27-21(30)14-34-24-29-28-22(33-24)13-32-19-8-6-5-7-18(19)31-4/h5-8,15H,9-11,13-14H2,1-4H3,(H,27,30)/t15-/m0/s1. The van der Waals surface area contributed by atoms with Crippen LogP contribution in [0.1, 0.15) is 49.1 Å². The molecule has 2 aromatic heterocycles. The van der Waals surface area contributed by atoms with Gasteiger partial charge in [-0.2, -0.15) is 5.26 Å². The quantitative estimate of drug-likeness (QED) is 0.396. The lowest BCUT2D eigenvalue weighted by Gasteiger charge is -2.33. The van der Waals surface area contributed by atoms with E-state index in [0.29, 0.717) is 33.9 Å². The maximum atomic E-state index is 12.6. The van der Waals surface area contributed by atoms with Gasteiger partial charge in [-0.15, -0.1) is 21.5 Å². The molecular formula is C25H28N4O4S2. The third-order valence-corrected chi connectivity index (χ3v) is 8.04. The summed E-state index contributed by atoms with van der Waals surface area (Å²) in [6, 6.07) is 9.58. The van der Waals surface area contributed by atoms with Crippen molar-refractivity contribution in [3.63, 3.8) is 0 Å². The highest BCUT2D eigenvalue weighted by Gasteiger charge is 2.32. The van der Waals surface area contributed by atoms with E-state index in [1.54, 1.807) is 19.2 Å². The summed E-state index contributed by atoms with van der Waals surface area (Å²) in [5.74, 6) is 1.92. The third-order valence-electron chi connectivity index (χ3n) is 6.05. The van der Waals surface area contributed by atoms with Gasteiger partial charge in [0, 0.05) is 4.88 Å². The number of aromatic nitrogens is 2. The molecule has 3 aromatic rings. The molecule has 184 valence electrons. The molecule has 0 unspecified atom stereocenters. The predicted octanol–water partition coefficient (Wildman–Crippen LogP) is 5.47.